The van der Waals surface area contributed by atoms with E-state index in [2.05, 4.69) is 71.3 Å². The van der Waals surface area contributed by atoms with Crippen molar-refractivity contribution in [2.24, 2.45) is 0 Å². The second-order valence-electron chi connectivity index (χ2n) is 7.36. The lowest BCUT2D eigenvalue weighted by Crippen LogP contribution is -2.24. The smallest absolute Gasteiger partial charge is 0.158 e. The topological polar surface area (TPSA) is 32.5 Å². The molecule has 1 aliphatic rings. The molecule has 3 heterocycles. The molecule has 2 aromatic heterocycles. The standard InChI is InChI=1S/C25H19N3O/c1-17-20(13-14-23-24(17)19-10-5-6-12-22(19)29-23)28-16-27(18-8-3-2-4-9-18)21-11-7-15-26-25(21)28/h2-15H,16H2,1H3. The number of rotatable bonds is 2. The van der Waals surface area contributed by atoms with Crippen LogP contribution >= 0.6 is 0 Å². The molecule has 29 heavy (non-hydrogen) atoms. The zero-order valence-electron chi connectivity index (χ0n) is 16.0. The number of aromatic nitrogens is 1. The zero-order chi connectivity index (χ0) is 19.4. The largest absolute Gasteiger partial charge is 0.456 e. The van der Waals surface area contributed by atoms with E-state index in [1.54, 1.807) is 0 Å². The highest BCUT2D eigenvalue weighted by atomic mass is 16.3. The van der Waals surface area contributed by atoms with Gasteiger partial charge in [-0.2, -0.15) is 0 Å². The molecule has 0 spiro atoms. The fraction of sp³-hybridized carbons (Fsp3) is 0.0800. The Balaban J connectivity index is 1.54. The molecule has 0 radical (unpaired) electrons. The van der Waals surface area contributed by atoms with Crippen LogP contribution in [0.3, 0.4) is 0 Å². The third-order valence-corrected chi connectivity index (χ3v) is 5.73. The highest BCUT2D eigenvalue weighted by Gasteiger charge is 2.30. The molecule has 5 aromatic rings. The Morgan fingerprint density at radius 1 is 0.759 bits per heavy atom. The maximum atomic E-state index is 6.07. The SMILES string of the molecule is Cc1c(N2CN(c3ccccc3)c3cccnc32)ccc2oc3ccccc3c12. The molecule has 0 unspecified atom stereocenters. The summed E-state index contributed by atoms with van der Waals surface area (Å²) < 4.78 is 6.07. The number of fused-ring (bicyclic) bond motifs is 4. The average Bonchev–Trinajstić information content (AvgIpc) is 3.34. The van der Waals surface area contributed by atoms with Crippen molar-refractivity contribution in [2.75, 3.05) is 16.5 Å². The van der Waals surface area contributed by atoms with Crippen LogP contribution in [-0.4, -0.2) is 11.7 Å². The van der Waals surface area contributed by atoms with E-state index in [4.69, 9.17) is 9.40 Å². The summed E-state index contributed by atoms with van der Waals surface area (Å²) in [7, 11) is 0. The molecule has 4 nitrogen and oxygen atoms in total. The summed E-state index contributed by atoms with van der Waals surface area (Å²) in [6.07, 6.45) is 1.86. The Labute approximate surface area is 168 Å². The van der Waals surface area contributed by atoms with Crippen LogP contribution in [0.1, 0.15) is 5.56 Å². The Hall–Kier alpha value is -3.79. The van der Waals surface area contributed by atoms with Gasteiger partial charge in [-0.1, -0.05) is 36.4 Å². The van der Waals surface area contributed by atoms with Gasteiger partial charge in [0.2, 0.25) is 0 Å². The Morgan fingerprint density at radius 3 is 2.48 bits per heavy atom. The maximum absolute atomic E-state index is 6.07. The molecule has 0 fully saturated rings. The summed E-state index contributed by atoms with van der Waals surface area (Å²) >= 11 is 0. The Bertz CT molecular complexity index is 1360. The molecule has 3 aromatic carbocycles. The quantitative estimate of drug-likeness (QED) is 0.350. The van der Waals surface area contributed by atoms with Gasteiger partial charge in [-0.25, -0.2) is 4.98 Å². The predicted molar refractivity (Wildman–Crippen MR) is 118 cm³/mol. The van der Waals surface area contributed by atoms with Gasteiger partial charge in [0.1, 0.15) is 17.8 Å². The van der Waals surface area contributed by atoms with E-state index in [0.717, 1.165) is 46.1 Å². The molecule has 1 aliphatic heterocycles. The number of para-hydroxylation sites is 2. The van der Waals surface area contributed by atoms with Gasteiger partial charge < -0.3 is 14.2 Å². The van der Waals surface area contributed by atoms with Crippen LogP contribution in [-0.2, 0) is 0 Å². The van der Waals surface area contributed by atoms with E-state index in [1.165, 1.54) is 10.9 Å². The van der Waals surface area contributed by atoms with Gasteiger partial charge in [-0.15, -0.1) is 0 Å². The number of aryl methyl sites for hydroxylation is 1. The molecular weight excluding hydrogens is 358 g/mol. The van der Waals surface area contributed by atoms with Gasteiger partial charge in [0, 0.05) is 28.3 Å². The van der Waals surface area contributed by atoms with Crippen molar-refractivity contribution in [3.05, 3.63) is 90.6 Å². The number of benzene rings is 3. The van der Waals surface area contributed by atoms with Gasteiger partial charge in [-0.3, -0.25) is 0 Å². The number of nitrogens with zero attached hydrogens (tertiary/aromatic N) is 3. The summed E-state index contributed by atoms with van der Waals surface area (Å²) in [4.78, 5) is 9.32. The highest BCUT2D eigenvalue weighted by Crippen LogP contribution is 2.45. The molecule has 0 saturated heterocycles. The fourth-order valence-corrected chi connectivity index (χ4v) is 4.38. The fourth-order valence-electron chi connectivity index (χ4n) is 4.38. The first kappa shape index (κ1) is 16.2. The van der Waals surface area contributed by atoms with Gasteiger partial charge in [0.25, 0.3) is 0 Å². The van der Waals surface area contributed by atoms with Crippen molar-refractivity contribution in [2.45, 2.75) is 6.92 Å². The van der Waals surface area contributed by atoms with Gasteiger partial charge in [0.15, 0.2) is 5.82 Å². The molecule has 0 saturated carbocycles. The molecule has 6 rings (SSSR count). The number of furan rings is 1. The maximum Gasteiger partial charge on any atom is 0.158 e. The third kappa shape index (κ3) is 2.36. The molecule has 0 bridgehead atoms. The normalized spacial score (nSPS) is 13.4. The van der Waals surface area contributed by atoms with Crippen LogP contribution < -0.4 is 9.80 Å². The summed E-state index contributed by atoms with van der Waals surface area (Å²) in [5, 5.41) is 2.33. The van der Waals surface area contributed by atoms with E-state index in [1.807, 2.05) is 30.5 Å². The molecule has 0 N–H and O–H groups in total. The summed E-state index contributed by atoms with van der Waals surface area (Å²) in [6.45, 7) is 2.89. The molecule has 0 aliphatic carbocycles. The van der Waals surface area contributed by atoms with Crippen molar-refractivity contribution in [1.82, 2.24) is 4.98 Å². The molecule has 0 atom stereocenters. The van der Waals surface area contributed by atoms with Crippen molar-refractivity contribution in [3.8, 4) is 0 Å². The second kappa shape index (κ2) is 6.11. The van der Waals surface area contributed by atoms with Crippen molar-refractivity contribution in [3.63, 3.8) is 0 Å². The number of hydrogen-bond donors (Lipinski definition) is 0. The van der Waals surface area contributed by atoms with E-state index >= 15 is 0 Å². The number of pyridine rings is 1. The first-order valence-corrected chi connectivity index (χ1v) is 9.77. The first-order chi connectivity index (χ1) is 14.3. The minimum atomic E-state index is 0.721. The Kier molecular flexibility index (Phi) is 3.41. The minimum Gasteiger partial charge on any atom is -0.456 e. The van der Waals surface area contributed by atoms with Crippen LogP contribution in [0.2, 0.25) is 0 Å². The van der Waals surface area contributed by atoms with Crippen LogP contribution in [0.5, 0.6) is 0 Å². The van der Waals surface area contributed by atoms with Crippen LogP contribution in [0.4, 0.5) is 22.9 Å². The third-order valence-electron chi connectivity index (χ3n) is 5.73. The summed E-state index contributed by atoms with van der Waals surface area (Å²) in [6, 6.07) is 27.1. The summed E-state index contributed by atoms with van der Waals surface area (Å²) in [5.41, 5.74) is 6.50. The number of hydrogen-bond acceptors (Lipinski definition) is 4. The van der Waals surface area contributed by atoms with Crippen molar-refractivity contribution >= 4 is 44.8 Å². The van der Waals surface area contributed by atoms with Crippen LogP contribution in [0, 0.1) is 6.92 Å². The van der Waals surface area contributed by atoms with Crippen molar-refractivity contribution < 1.29 is 4.42 Å². The van der Waals surface area contributed by atoms with E-state index in [9.17, 15) is 0 Å². The molecule has 0 amide bonds. The average molecular weight is 377 g/mol. The van der Waals surface area contributed by atoms with Gasteiger partial charge in [0.05, 0.1) is 5.69 Å². The Morgan fingerprint density at radius 2 is 1.59 bits per heavy atom. The van der Waals surface area contributed by atoms with Gasteiger partial charge >= 0.3 is 0 Å². The molecular formula is C25H19N3O. The number of anilines is 4. The molecule has 140 valence electrons. The van der Waals surface area contributed by atoms with E-state index in [0.29, 0.717) is 0 Å². The molecule has 4 heteroatoms. The summed E-state index contributed by atoms with van der Waals surface area (Å²) in [5.74, 6) is 0.978. The first-order valence-electron chi connectivity index (χ1n) is 9.77. The lowest BCUT2D eigenvalue weighted by Gasteiger charge is -2.23. The van der Waals surface area contributed by atoms with Crippen LogP contribution in [0.15, 0.2) is 89.5 Å². The van der Waals surface area contributed by atoms with Crippen molar-refractivity contribution in [1.29, 1.82) is 0 Å². The lowest BCUT2D eigenvalue weighted by molar-refractivity contribution is 0.669. The minimum absolute atomic E-state index is 0.721. The van der Waals surface area contributed by atoms with E-state index in [-0.39, 0.29) is 0 Å². The monoisotopic (exact) mass is 377 g/mol. The highest BCUT2D eigenvalue weighted by molar-refractivity contribution is 6.08. The predicted octanol–water partition coefficient (Wildman–Crippen LogP) is 6.54. The lowest BCUT2D eigenvalue weighted by atomic mass is 10.0. The zero-order valence-corrected chi connectivity index (χ0v) is 16.0. The van der Waals surface area contributed by atoms with Gasteiger partial charge in [-0.05, 0) is 55.0 Å². The second-order valence-corrected chi connectivity index (χ2v) is 7.36. The van der Waals surface area contributed by atoms with E-state index < -0.39 is 0 Å². The van der Waals surface area contributed by atoms with Crippen LogP contribution in [0.25, 0.3) is 21.9 Å².